The van der Waals surface area contributed by atoms with Crippen molar-refractivity contribution < 1.29 is 4.79 Å². The van der Waals surface area contributed by atoms with E-state index in [2.05, 4.69) is 26.2 Å². The van der Waals surface area contributed by atoms with Gasteiger partial charge in [-0.15, -0.1) is 0 Å². The van der Waals surface area contributed by atoms with E-state index in [1.165, 1.54) is 0 Å². The van der Waals surface area contributed by atoms with E-state index in [0.29, 0.717) is 25.1 Å². The monoisotopic (exact) mass is 333 g/mol. The number of amides is 1. The maximum Gasteiger partial charge on any atom is 0.251 e. The number of nitrogens with one attached hydrogen (secondary N) is 1. The molecular formula is C15H16BrN3O. The zero-order valence-corrected chi connectivity index (χ0v) is 12.6. The quantitative estimate of drug-likeness (QED) is 0.881. The Hall–Kier alpha value is -1.72. The molecule has 1 heterocycles. The largest absolute Gasteiger partial charge is 0.348 e. The minimum atomic E-state index is -0.103. The summed E-state index contributed by atoms with van der Waals surface area (Å²) < 4.78 is 1.02. The molecule has 2 rings (SSSR count). The molecule has 0 saturated carbocycles. The first-order chi connectivity index (χ1) is 9.69. The lowest BCUT2D eigenvalue weighted by Crippen LogP contribution is -2.23. The van der Waals surface area contributed by atoms with Gasteiger partial charge in [0.1, 0.15) is 0 Å². The Balaban J connectivity index is 1.97. The Morgan fingerprint density at radius 2 is 2.00 bits per heavy atom. The third-order valence-electron chi connectivity index (χ3n) is 2.85. The first-order valence-corrected chi connectivity index (χ1v) is 7.16. The molecule has 2 aromatic rings. The Morgan fingerprint density at radius 1 is 1.25 bits per heavy atom. The average molecular weight is 334 g/mol. The fraction of sp³-hybridized carbons (Fsp3) is 0.200. The topological polar surface area (TPSA) is 68.0 Å². The standard InChI is InChI=1S/C15H16BrN3O/c16-13-3-1-11(2-4-13)10-19-15(20)12-6-8-18-14(9-12)5-7-17/h1-4,6,8-9H,5,7,10,17H2,(H,19,20). The average Bonchev–Trinajstić information content (AvgIpc) is 2.47. The number of rotatable bonds is 5. The molecule has 20 heavy (non-hydrogen) atoms. The highest BCUT2D eigenvalue weighted by Gasteiger charge is 2.06. The molecule has 5 heteroatoms. The Bertz CT molecular complexity index is 584. The number of nitrogens with zero attached hydrogens (tertiary/aromatic N) is 1. The number of pyridine rings is 1. The summed E-state index contributed by atoms with van der Waals surface area (Å²) in [6.07, 6.45) is 2.31. The minimum Gasteiger partial charge on any atom is -0.348 e. The molecule has 4 nitrogen and oxygen atoms in total. The lowest BCUT2D eigenvalue weighted by atomic mass is 10.1. The minimum absolute atomic E-state index is 0.103. The van der Waals surface area contributed by atoms with Crippen molar-refractivity contribution in [1.82, 2.24) is 10.3 Å². The summed E-state index contributed by atoms with van der Waals surface area (Å²) in [6.45, 7) is 1.03. The summed E-state index contributed by atoms with van der Waals surface area (Å²) in [6, 6.07) is 11.3. The third kappa shape index (κ3) is 4.15. The van der Waals surface area contributed by atoms with Gasteiger partial charge in [-0.1, -0.05) is 28.1 Å². The summed E-state index contributed by atoms with van der Waals surface area (Å²) in [5.41, 5.74) is 7.99. The van der Waals surface area contributed by atoms with E-state index in [1.54, 1.807) is 18.3 Å². The summed E-state index contributed by atoms with van der Waals surface area (Å²) in [5, 5.41) is 2.89. The second kappa shape index (κ2) is 7.17. The molecule has 1 aromatic carbocycles. The van der Waals surface area contributed by atoms with E-state index in [1.807, 2.05) is 24.3 Å². The number of hydrogen-bond acceptors (Lipinski definition) is 3. The van der Waals surface area contributed by atoms with Crippen LogP contribution < -0.4 is 11.1 Å². The molecule has 0 aliphatic rings. The van der Waals surface area contributed by atoms with Crippen LogP contribution in [0, 0.1) is 0 Å². The van der Waals surface area contributed by atoms with Gasteiger partial charge < -0.3 is 11.1 Å². The van der Waals surface area contributed by atoms with E-state index < -0.39 is 0 Å². The highest BCUT2D eigenvalue weighted by molar-refractivity contribution is 9.10. The van der Waals surface area contributed by atoms with Crippen molar-refractivity contribution in [2.24, 2.45) is 5.73 Å². The zero-order chi connectivity index (χ0) is 14.4. The van der Waals surface area contributed by atoms with Crippen LogP contribution in [-0.4, -0.2) is 17.4 Å². The third-order valence-corrected chi connectivity index (χ3v) is 3.37. The molecule has 1 aromatic heterocycles. The van der Waals surface area contributed by atoms with E-state index in [0.717, 1.165) is 15.7 Å². The molecule has 0 radical (unpaired) electrons. The lowest BCUT2D eigenvalue weighted by molar-refractivity contribution is 0.0950. The Morgan fingerprint density at radius 3 is 2.70 bits per heavy atom. The Kier molecular flexibility index (Phi) is 5.26. The molecule has 1 amide bonds. The zero-order valence-electron chi connectivity index (χ0n) is 11.0. The van der Waals surface area contributed by atoms with Gasteiger partial charge in [0, 0.05) is 34.9 Å². The number of carbonyl (C=O) groups is 1. The number of nitrogens with two attached hydrogens (primary N) is 1. The predicted octanol–water partition coefficient (Wildman–Crippen LogP) is 2.28. The van der Waals surface area contributed by atoms with Crippen LogP contribution in [0.3, 0.4) is 0 Å². The van der Waals surface area contributed by atoms with Gasteiger partial charge in [-0.3, -0.25) is 9.78 Å². The number of carbonyl (C=O) groups excluding carboxylic acids is 1. The summed E-state index contributed by atoms with van der Waals surface area (Å²) >= 11 is 3.38. The molecule has 0 saturated heterocycles. The summed E-state index contributed by atoms with van der Waals surface area (Å²) in [7, 11) is 0. The van der Waals surface area contributed by atoms with E-state index >= 15 is 0 Å². The van der Waals surface area contributed by atoms with Crippen molar-refractivity contribution >= 4 is 21.8 Å². The molecule has 0 spiro atoms. The molecule has 104 valence electrons. The second-order valence-corrected chi connectivity index (χ2v) is 5.30. The smallest absolute Gasteiger partial charge is 0.251 e. The van der Waals surface area contributed by atoms with Crippen molar-refractivity contribution in [3.63, 3.8) is 0 Å². The van der Waals surface area contributed by atoms with Gasteiger partial charge in [0.05, 0.1) is 0 Å². The van der Waals surface area contributed by atoms with Crippen LogP contribution in [-0.2, 0) is 13.0 Å². The van der Waals surface area contributed by atoms with Gasteiger partial charge in [-0.2, -0.15) is 0 Å². The predicted molar refractivity (Wildman–Crippen MR) is 82.3 cm³/mol. The van der Waals surface area contributed by atoms with Crippen molar-refractivity contribution in [1.29, 1.82) is 0 Å². The maximum absolute atomic E-state index is 12.1. The van der Waals surface area contributed by atoms with Crippen LogP contribution in [0.1, 0.15) is 21.6 Å². The van der Waals surface area contributed by atoms with Crippen LogP contribution in [0.25, 0.3) is 0 Å². The van der Waals surface area contributed by atoms with Crippen molar-refractivity contribution in [3.05, 3.63) is 63.9 Å². The van der Waals surface area contributed by atoms with Crippen LogP contribution in [0.2, 0.25) is 0 Å². The second-order valence-electron chi connectivity index (χ2n) is 4.38. The first kappa shape index (κ1) is 14.7. The highest BCUT2D eigenvalue weighted by Crippen LogP contribution is 2.10. The van der Waals surface area contributed by atoms with E-state index in [-0.39, 0.29) is 5.91 Å². The molecule has 0 atom stereocenters. The summed E-state index contributed by atoms with van der Waals surface area (Å²) in [4.78, 5) is 16.2. The molecular weight excluding hydrogens is 318 g/mol. The van der Waals surface area contributed by atoms with Crippen LogP contribution in [0.5, 0.6) is 0 Å². The maximum atomic E-state index is 12.1. The van der Waals surface area contributed by atoms with Gasteiger partial charge in [0.2, 0.25) is 0 Å². The highest BCUT2D eigenvalue weighted by atomic mass is 79.9. The first-order valence-electron chi connectivity index (χ1n) is 6.36. The van der Waals surface area contributed by atoms with Gasteiger partial charge in [-0.25, -0.2) is 0 Å². The van der Waals surface area contributed by atoms with E-state index in [9.17, 15) is 4.79 Å². The molecule has 0 bridgehead atoms. The number of aromatic nitrogens is 1. The molecule has 3 N–H and O–H groups in total. The number of halogens is 1. The fourth-order valence-corrected chi connectivity index (χ4v) is 2.06. The van der Waals surface area contributed by atoms with Gasteiger partial charge in [-0.05, 0) is 36.4 Å². The summed E-state index contributed by atoms with van der Waals surface area (Å²) in [5.74, 6) is -0.103. The van der Waals surface area contributed by atoms with Gasteiger partial charge >= 0.3 is 0 Å². The van der Waals surface area contributed by atoms with Gasteiger partial charge in [0.15, 0.2) is 0 Å². The van der Waals surface area contributed by atoms with Crippen molar-refractivity contribution in [2.45, 2.75) is 13.0 Å². The number of hydrogen-bond donors (Lipinski definition) is 2. The molecule has 0 aliphatic heterocycles. The van der Waals surface area contributed by atoms with Gasteiger partial charge in [0.25, 0.3) is 5.91 Å². The SMILES string of the molecule is NCCc1cc(C(=O)NCc2ccc(Br)cc2)ccn1. The van der Waals surface area contributed by atoms with Crippen LogP contribution in [0.4, 0.5) is 0 Å². The normalized spacial score (nSPS) is 10.3. The van der Waals surface area contributed by atoms with Crippen molar-refractivity contribution in [2.75, 3.05) is 6.54 Å². The van der Waals surface area contributed by atoms with Crippen LogP contribution in [0.15, 0.2) is 47.1 Å². The van der Waals surface area contributed by atoms with E-state index in [4.69, 9.17) is 5.73 Å². The molecule has 0 fully saturated rings. The van der Waals surface area contributed by atoms with Crippen LogP contribution >= 0.6 is 15.9 Å². The molecule has 0 unspecified atom stereocenters. The lowest BCUT2D eigenvalue weighted by Gasteiger charge is -2.06. The van der Waals surface area contributed by atoms with Crippen molar-refractivity contribution in [3.8, 4) is 0 Å². The fourth-order valence-electron chi connectivity index (χ4n) is 1.79. The number of benzene rings is 1. The molecule has 0 aliphatic carbocycles. The Labute approximate surface area is 126 Å².